The van der Waals surface area contributed by atoms with Crippen molar-refractivity contribution in [2.75, 3.05) is 7.11 Å². The molecular weight excluding hydrogens is 381 g/mol. The molecule has 0 spiro atoms. The Hall–Kier alpha value is -2.74. The van der Waals surface area contributed by atoms with Gasteiger partial charge in [0.15, 0.2) is 0 Å². The van der Waals surface area contributed by atoms with E-state index in [2.05, 4.69) is 4.18 Å². The molecule has 0 radical (unpaired) electrons. The molecule has 0 aliphatic heterocycles. The van der Waals surface area contributed by atoms with E-state index in [9.17, 15) is 21.6 Å². The second-order valence-electron chi connectivity index (χ2n) is 5.78. The van der Waals surface area contributed by atoms with Gasteiger partial charge in [-0.25, -0.2) is 0 Å². The summed E-state index contributed by atoms with van der Waals surface area (Å²) < 4.78 is 71.1. The first kappa shape index (κ1) is 19.0. The molecule has 4 nitrogen and oxygen atoms in total. The molecule has 142 valence electrons. The van der Waals surface area contributed by atoms with Crippen molar-refractivity contribution in [2.24, 2.45) is 0 Å². The molecule has 0 fully saturated rings. The molecule has 27 heavy (non-hydrogen) atoms. The molecule has 0 heterocycles. The predicted molar refractivity (Wildman–Crippen MR) is 95.4 cm³/mol. The summed E-state index contributed by atoms with van der Waals surface area (Å²) in [6.07, 6.45) is 0.136. The third kappa shape index (κ3) is 4.00. The van der Waals surface area contributed by atoms with E-state index in [1.807, 2.05) is 0 Å². The summed E-state index contributed by atoms with van der Waals surface area (Å²) in [5, 5.41) is 1.31. The highest BCUT2D eigenvalue weighted by Crippen LogP contribution is 2.34. The van der Waals surface area contributed by atoms with Gasteiger partial charge in [-0.2, -0.15) is 21.6 Å². The molecule has 3 aromatic carbocycles. The minimum absolute atomic E-state index is 0.136. The molecule has 3 rings (SSSR count). The molecule has 0 saturated heterocycles. The lowest BCUT2D eigenvalue weighted by atomic mass is 9.99. The summed E-state index contributed by atoms with van der Waals surface area (Å²) >= 11 is 0. The molecule has 0 bridgehead atoms. The highest BCUT2D eigenvalue weighted by Gasteiger charge is 2.48. The first-order chi connectivity index (χ1) is 12.7. The molecule has 0 amide bonds. The molecule has 0 atom stereocenters. The van der Waals surface area contributed by atoms with E-state index in [4.69, 9.17) is 4.74 Å². The van der Waals surface area contributed by atoms with Crippen LogP contribution in [-0.2, 0) is 16.5 Å². The molecule has 3 aromatic rings. The van der Waals surface area contributed by atoms with Gasteiger partial charge in [0.1, 0.15) is 11.5 Å². The summed E-state index contributed by atoms with van der Waals surface area (Å²) in [4.78, 5) is 0. The summed E-state index contributed by atoms with van der Waals surface area (Å²) in [5.41, 5.74) is -4.53. The van der Waals surface area contributed by atoms with Gasteiger partial charge in [-0.05, 0) is 34.5 Å². The minimum atomic E-state index is -5.78. The van der Waals surface area contributed by atoms with E-state index >= 15 is 0 Å². The van der Waals surface area contributed by atoms with E-state index < -0.39 is 15.6 Å². The Kier molecular flexibility index (Phi) is 5.01. The maximum atomic E-state index is 12.8. The number of rotatable bonds is 5. The van der Waals surface area contributed by atoms with Gasteiger partial charge in [-0.1, -0.05) is 42.5 Å². The SMILES string of the molecule is COc1ccccc1Cc1cc2ccccc2cc1OS(=O)(=O)C(F)(F)F. The smallest absolute Gasteiger partial charge is 0.496 e. The van der Waals surface area contributed by atoms with Crippen LogP contribution in [0, 0.1) is 0 Å². The van der Waals surface area contributed by atoms with Crippen LogP contribution in [0.2, 0.25) is 0 Å². The van der Waals surface area contributed by atoms with Gasteiger partial charge in [0.05, 0.1) is 7.11 Å². The maximum Gasteiger partial charge on any atom is 0.534 e. The highest BCUT2D eigenvalue weighted by molar-refractivity contribution is 7.88. The fourth-order valence-corrected chi connectivity index (χ4v) is 3.19. The lowest BCUT2D eigenvalue weighted by Gasteiger charge is -2.15. The van der Waals surface area contributed by atoms with Crippen molar-refractivity contribution in [3.63, 3.8) is 0 Å². The van der Waals surface area contributed by atoms with Crippen molar-refractivity contribution in [3.05, 3.63) is 71.8 Å². The molecular formula is C19H15F3O4S. The summed E-state index contributed by atoms with van der Waals surface area (Å²) in [5.74, 6) is 0.173. The predicted octanol–water partition coefficient (Wildman–Crippen LogP) is 4.67. The van der Waals surface area contributed by atoms with E-state index in [1.165, 1.54) is 13.2 Å². The van der Waals surface area contributed by atoms with Crippen LogP contribution >= 0.6 is 0 Å². The standard InChI is InChI=1S/C19H15F3O4S/c1-25-17-9-5-4-8-15(17)11-16-10-13-6-2-3-7-14(13)12-18(16)26-27(23,24)19(20,21)22/h2-10,12H,11H2,1H3. The maximum absolute atomic E-state index is 12.8. The van der Waals surface area contributed by atoms with E-state index in [1.54, 1.807) is 54.6 Å². The molecule has 0 saturated carbocycles. The number of benzene rings is 3. The minimum Gasteiger partial charge on any atom is -0.496 e. The van der Waals surface area contributed by atoms with Crippen LogP contribution in [0.1, 0.15) is 11.1 Å². The van der Waals surface area contributed by atoms with Gasteiger partial charge >= 0.3 is 15.6 Å². The summed E-state index contributed by atoms with van der Waals surface area (Å²) in [6.45, 7) is 0. The lowest BCUT2D eigenvalue weighted by Crippen LogP contribution is -2.28. The number of hydrogen-bond donors (Lipinski definition) is 0. The number of methoxy groups -OCH3 is 1. The number of alkyl halides is 3. The highest BCUT2D eigenvalue weighted by atomic mass is 32.2. The van der Waals surface area contributed by atoms with Crippen molar-refractivity contribution in [2.45, 2.75) is 11.9 Å². The molecule has 8 heteroatoms. The average Bonchev–Trinajstić information content (AvgIpc) is 2.61. The number of fused-ring (bicyclic) bond motifs is 1. The van der Waals surface area contributed by atoms with Gasteiger partial charge in [0, 0.05) is 12.0 Å². The number of halogens is 3. The Labute approximate surface area is 154 Å². The summed E-state index contributed by atoms with van der Waals surface area (Å²) in [6, 6.07) is 16.8. The Morgan fingerprint density at radius 1 is 0.852 bits per heavy atom. The Morgan fingerprint density at radius 2 is 1.44 bits per heavy atom. The zero-order valence-electron chi connectivity index (χ0n) is 14.2. The van der Waals surface area contributed by atoms with Crippen molar-refractivity contribution in [1.82, 2.24) is 0 Å². The third-order valence-corrected chi connectivity index (χ3v) is 4.95. The number of ether oxygens (including phenoxy) is 1. The quantitative estimate of drug-likeness (QED) is 0.465. The van der Waals surface area contributed by atoms with Gasteiger partial charge in [0.2, 0.25) is 0 Å². The lowest BCUT2D eigenvalue weighted by molar-refractivity contribution is -0.0500. The van der Waals surface area contributed by atoms with Crippen LogP contribution in [0.5, 0.6) is 11.5 Å². The number of hydrogen-bond acceptors (Lipinski definition) is 4. The molecule has 0 aromatic heterocycles. The molecule has 0 N–H and O–H groups in total. The molecule has 0 aliphatic carbocycles. The van der Waals surface area contributed by atoms with Crippen molar-refractivity contribution in [1.29, 1.82) is 0 Å². The van der Waals surface area contributed by atoms with Gasteiger partial charge in [-0.15, -0.1) is 0 Å². The first-order valence-electron chi connectivity index (χ1n) is 7.85. The monoisotopic (exact) mass is 396 g/mol. The van der Waals surface area contributed by atoms with Crippen LogP contribution in [0.25, 0.3) is 10.8 Å². The van der Waals surface area contributed by atoms with Crippen LogP contribution in [-0.4, -0.2) is 21.0 Å². The number of para-hydroxylation sites is 1. The second-order valence-corrected chi connectivity index (χ2v) is 7.32. The Balaban J connectivity index is 2.12. The van der Waals surface area contributed by atoms with Crippen LogP contribution < -0.4 is 8.92 Å². The molecule has 0 aliphatic rings. The second kappa shape index (κ2) is 7.11. The zero-order valence-corrected chi connectivity index (χ0v) is 15.0. The van der Waals surface area contributed by atoms with Crippen LogP contribution in [0.4, 0.5) is 13.2 Å². The zero-order chi connectivity index (χ0) is 19.7. The largest absolute Gasteiger partial charge is 0.534 e. The molecule has 0 unspecified atom stereocenters. The van der Waals surface area contributed by atoms with E-state index in [0.717, 1.165) is 5.39 Å². The Morgan fingerprint density at radius 3 is 2.07 bits per heavy atom. The van der Waals surface area contributed by atoms with Crippen molar-refractivity contribution < 1.29 is 30.5 Å². The van der Waals surface area contributed by atoms with Gasteiger partial charge in [-0.3, -0.25) is 0 Å². The van der Waals surface area contributed by atoms with Crippen molar-refractivity contribution in [3.8, 4) is 11.5 Å². The average molecular weight is 396 g/mol. The topological polar surface area (TPSA) is 52.6 Å². The van der Waals surface area contributed by atoms with E-state index in [0.29, 0.717) is 22.3 Å². The van der Waals surface area contributed by atoms with Crippen LogP contribution in [0.15, 0.2) is 60.7 Å². The third-order valence-electron chi connectivity index (χ3n) is 3.99. The normalized spacial score (nSPS) is 12.1. The Bertz CT molecular complexity index is 1080. The van der Waals surface area contributed by atoms with E-state index in [-0.39, 0.29) is 12.2 Å². The first-order valence-corrected chi connectivity index (χ1v) is 9.26. The van der Waals surface area contributed by atoms with Crippen LogP contribution in [0.3, 0.4) is 0 Å². The van der Waals surface area contributed by atoms with Crippen molar-refractivity contribution >= 4 is 20.9 Å². The van der Waals surface area contributed by atoms with Gasteiger partial charge in [0.25, 0.3) is 0 Å². The fourth-order valence-electron chi connectivity index (χ4n) is 2.70. The fraction of sp³-hybridized carbons (Fsp3) is 0.158. The van der Waals surface area contributed by atoms with Gasteiger partial charge < -0.3 is 8.92 Å². The summed E-state index contributed by atoms with van der Waals surface area (Å²) in [7, 11) is -4.30.